The number of hydrogen-bond donors (Lipinski definition) is 1. The molecular formula is C14H18N2S. The Bertz CT molecular complexity index is 510. The molecule has 1 aromatic carbocycles. The first kappa shape index (κ1) is 11.2. The maximum absolute atomic E-state index is 6.13. The highest BCUT2D eigenvalue weighted by atomic mass is 32.1. The van der Waals surface area contributed by atoms with E-state index in [1.54, 1.807) is 0 Å². The monoisotopic (exact) mass is 246 g/mol. The van der Waals surface area contributed by atoms with Crippen LogP contribution in [0.15, 0.2) is 29.6 Å². The minimum Gasteiger partial charge on any atom is -0.327 e. The Morgan fingerprint density at radius 2 is 2.12 bits per heavy atom. The number of fused-ring (bicyclic) bond motifs is 1. The maximum Gasteiger partial charge on any atom is 0.0345 e. The fourth-order valence-electron chi connectivity index (χ4n) is 2.91. The lowest BCUT2D eigenvalue weighted by Gasteiger charge is -2.33. The van der Waals surface area contributed by atoms with Gasteiger partial charge in [0.05, 0.1) is 0 Å². The van der Waals surface area contributed by atoms with Gasteiger partial charge in [0.1, 0.15) is 0 Å². The Kier molecular flexibility index (Phi) is 2.90. The van der Waals surface area contributed by atoms with Crippen LogP contribution < -0.4 is 5.73 Å². The van der Waals surface area contributed by atoms with Crippen LogP contribution in [0, 0.1) is 0 Å². The normalized spacial score (nSPS) is 26.5. The molecule has 0 amide bonds. The summed E-state index contributed by atoms with van der Waals surface area (Å²) in [5.74, 6) is 0.597. The molecule has 1 aromatic heterocycles. The van der Waals surface area contributed by atoms with Gasteiger partial charge in [-0.1, -0.05) is 18.2 Å². The molecule has 2 N–H and O–H groups in total. The van der Waals surface area contributed by atoms with Crippen LogP contribution in [0.1, 0.15) is 17.9 Å². The topological polar surface area (TPSA) is 29.3 Å². The van der Waals surface area contributed by atoms with E-state index in [9.17, 15) is 0 Å². The first-order valence-electron chi connectivity index (χ1n) is 6.14. The molecule has 17 heavy (non-hydrogen) atoms. The average Bonchev–Trinajstić information content (AvgIpc) is 2.71. The number of piperidine rings is 1. The van der Waals surface area contributed by atoms with Crippen LogP contribution in [0.25, 0.3) is 10.1 Å². The van der Waals surface area contributed by atoms with Crippen molar-refractivity contribution in [1.29, 1.82) is 0 Å². The molecular weight excluding hydrogens is 228 g/mol. The summed E-state index contributed by atoms with van der Waals surface area (Å²) in [6.07, 6.45) is 1.12. The summed E-state index contributed by atoms with van der Waals surface area (Å²) in [5, 5.41) is 3.74. The Labute approximate surface area is 106 Å². The summed E-state index contributed by atoms with van der Waals surface area (Å²) < 4.78 is 1.39. The van der Waals surface area contributed by atoms with E-state index in [4.69, 9.17) is 5.73 Å². The SMILES string of the molecule is CN1CC(N)CC(c2csc3ccccc23)C1. The van der Waals surface area contributed by atoms with Crippen LogP contribution >= 0.6 is 11.3 Å². The van der Waals surface area contributed by atoms with Gasteiger partial charge in [0.25, 0.3) is 0 Å². The van der Waals surface area contributed by atoms with Gasteiger partial charge < -0.3 is 10.6 Å². The minimum atomic E-state index is 0.317. The number of likely N-dealkylation sites (N-methyl/N-ethyl adjacent to an activating group) is 1. The molecule has 0 aliphatic carbocycles. The number of hydrogen-bond acceptors (Lipinski definition) is 3. The molecule has 3 heteroatoms. The molecule has 0 bridgehead atoms. The van der Waals surface area contributed by atoms with E-state index in [0.717, 1.165) is 19.5 Å². The van der Waals surface area contributed by atoms with Gasteiger partial charge in [0.2, 0.25) is 0 Å². The lowest BCUT2D eigenvalue weighted by atomic mass is 9.88. The van der Waals surface area contributed by atoms with Crippen LogP contribution in [-0.4, -0.2) is 31.1 Å². The van der Waals surface area contributed by atoms with E-state index in [2.05, 4.69) is 41.6 Å². The van der Waals surface area contributed by atoms with E-state index in [-0.39, 0.29) is 0 Å². The average molecular weight is 246 g/mol. The number of nitrogens with two attached hydrogens (primary N) is 1. The largest absolute Gasteiger partial charge is 0.327 e. The predicted octanol–water partition coefficient (Wildman–Crippen LogP) is 2.65. The van der Waals surface area contributed by atoms with Crippen LogP contribution in [0.3, 0.4) is 0 Å². The Balaban J connectivity index is 1.98. The van der Waals surface area contributed by atoms with Crippen LogP contribution in [-0.2, 0) is 0 Å². The number of thiophene rings is 1. The molecule has 2 heterocycles. The van der Waals surface area contributed by atoms with Gasteiger partial charge in [-0.3, -0.25) is 0 Å². The van der Waals surface area contributed by atoms with Crippen molar-refractivity contribution in [2.24, 2.45) is 5.73 Å². The maximum atomic E-state index is 6.13. The van der Waals surface area contributed by atoms with Crippen LogP contribution in [0.4, 0.5) is 0 Å². The summed E-state index contributed by atoms with van der Waals surface area (Å²) in [7, 11) is 2.17. The van der Waals surface area contributed by atoms with Crippen molar-refractivity contribution in [3.05, 3.63) is 35.2 Å². The van der Waals surface area contributed by atoms with Crippen molar-refractivity contribution in [2.45, 2.75) is 18.4 Å². The predicted molar refractivity (Wildman–Crippen MR) is 74.7 cm³/mol. The third kappa shape index (κ3) is 2.10. The third-order valence-electron chi connectivity index (χ3n) is 3.62. The van der Waals surface area contributed by atoms with E-state index in [1.807, 2.05) is 11.3 Å². The molecule has 0 radical (unpaired) electrons. The second-order valence-electron chi connectivity index (χ2n) is 5.10. The van der Waals surface area contributed by atoms with Gasteiger partial charge in [-0.2, -0.15) is 0 Å². The van der Waals surface area contributed by atoms with Gasteiger partial charge >= 0.3 is 0 Å². The van der Waals surface area contributed by atoms with E-state index < -0.39 is 0 Å². The lowest BCUT2D eigenvalue weighted by Crippen LogP contribution is -2.44. The zero-order valence-electron chi connectivity index (χ0n) is 10.1. The summed E-state index contributed by atoms with van der Waals surface area (Å²) in [5.41, 5.74) is 7.62. The summed E-state index contributed by atoms with van der Waals surface area (Å²) >= 11 is 1.85. The number of likely N-dealkylation sites (tertiary alicyclic amines) is 1. The van der Waals surface area contributed by atoms with E-state index in [1.165, 1.54) is 15.6 Å². The van der Waals surface area contributed by atoms with Gasteiger partial charge in [-0.05, 0) is 41.8 Å². The van der Waals surface area contributed by atoms with Crippen molar-refractivity contribution in [3.63, 3.8) is 0 Å². The molecule has 2 nitrogen and oxygen atoms in total. The fraction of sp³-hybridized carbons (Fsp3) is 0.429. The lowest BCUT2D eigenvalue weighted by molar-refractivity contribution is 0.228. The van der Waals surface area contributed by atoms with Crippen LogP contribution in [0.2, 0.25) is 0 Å². The zero-order chi connectivity index (χ0) is 11.8. The van der Waals surface area contributed by atoms with Crippen molar-refractivity contribution >= 4 is 21.4 Å². The van der Waals surface area contributed by atoms with Gasteiger partial charge in [-0.15, -0.1) is 11.3 Å². The molecule has 1 fully saturated rings. The molecule has 90 valence electrons. The van der Waals surface area contributed by atoms with Crippen molar-refractivity contribution in [1.82, 2.24) is 4.90 Å². The molecule has 0 saturated carbocycles. The second-order valence-corrected chi connectivity index (χ2v) is 6.01. The van der Waals surface area contributed by atoms with E-state index >= 15 is 0 Å². The van der Waals surface area contributed by atoms with Gasteiger partial charge in [-0.25, -0.2) is 0 Å². The molecule has 1 saturated heterocycles. The molecule has 1 aliphatic heterocycles. The molecule has 2 aromatic rings. The van der Waals surface area contributed by atoms with Crippen molar-refractivity contribution in [2.75, 3.05) is 20.1 Å². The highest BCUT2D eigenvalue weighted by Crippen LogP contribution is 2.35. The Hall–Kier alpha value is -0.900. The fourth-order valence-corrected chi connectivity index (χ4v) is 3.95. The molecule has 2 atom stereocenters. The first-order chi connectivity index (χ1) is 8.24. The van der Waals surface area contributed by atoms with Gasteiger partial charge in [0, 0.05) is 23.8 Å². The summed E-state index contributed by atoms with van der Waals surface area (Å²) in [6.45, 7) is 2.16. The number of nitrogens with zero attached hydrogens (tertiary/aromatic N) is 1. The first-order valence-corrected chi connectivity index (χ1v) is 7.02. The summed E-state index contributed by atoms with van der Waals surface area (Å²) in [4.78, 5) is 2.35. The van der Waals surface area contributed by atoms with Gasteiger partial charge in [0.15, 0.2) is 0 Å². The van der Waals surface area contributed by atoms with Crippen molar-refractivity contribution < 1.29 is 0 Å². The second kappa shape index (κ2) is 4.41. The standard InChI is InChI=1S/C14H18N2S/c1-16-7-10(6-11(15)8-16)13-9-17-14-5-3-2-4-12(13)14/h2-5,9-11H,6-8,15H2,1H3. The number of rotatable bonds is 1. The molecule has 0 spiro atoms. The zero-order valence-corrected chi connectivity index (χ0v) is 10.9. The van der Waals surface area contributed by atoms with E-state index in [0.29, 0.717) is 12.0 Å². The minimum absolute atomic E-state index is 0.317. The van der Waals surface area contributed by atoms with Crippen molar-refractivity contribution in [3.8, 4) is 0 Å². The Morgan fingerprint density at radius 3 is 2.94 bits per heavy atom. The third-order valence-corrected chi connectivity index (χ3v) is 4.60. The smallest absolute Gasteiger partial charge is 0.0345 e. The van der Waals surface area contributed by atoms with Crippen LogP contribution in [0.5, 0.6) is 0 Å². The summed E-state index contributed by atoms with van der Waals surface area (Å²) in [6, 6.07) is 9.00. The highest BCUT2D eigenvalue weighted by Gasteiger charge is 2.25. The molecule has 1 aliphatic rings. The highest BCUT2D eigenvalue weighted by molar-refractivity contribution is 7.17. The Morgan fingerprint density at radius 1 is 1.29 bits per heavy atom. The molecule has 2 unspecified atom stereocenters. The molecule has 3 rings (SSSR count). The quantitative estimate of drug-likeness (QED) is 0.838. The number of benzene rings is 1.